The van der Waals surface area contributed by atoms with Gasteiger partial charge in [-0.25, -0.2) is 0 Å². The lowest BCUT2D eigenvalue weighted by Gasteiger charge is -2.55. The van der Waals surface area contributed by atoms with E-state index in [2.05, 4.69) is 89.8 Å². The minimum atomic E-state index is 0.147. The third-order valence-electron chi connectivity index (χ3n) is 6.94. The van der Waals surface area contributed by atoms with Gasteiger partial charge in [-0.1, -0.05) is 84.9 Å². The molecule has 3 aliphatic heterocycles. The summed E-state index contributed by atoms with van der Waals surface area (Å²) in [5.41, 5.74) is 6.07. The first kappa shape index (κ1) is 17.7. The molecule has 0 radical (unpaired) electrons. The second-order valence-corrected chi connectivity index (χ2v) is 8.65. The van der Waals surface area contributed by atoms with Gasteiger partial charge in [0.1, 0.15) is 0 Å². The number of piperidine rings is 3. The highest BCUT2D eigenvalue weighted by molar-refractivity contribution is 5.40. The van der Waals surface area contributed by atoms with Crippen LogP contribution >= 0.6 is 0 Å². The number of hydrogen-bond acceptors (Lipinski definition) is 1. The molecule has 3 heterocycles. The topological polar surface area (TPSA) is 3.24 Å². The molecule has 3 aromatic carbocycles. The fourth-order valence-corrected chi connectivity index (χ4v) is 5.61. The van der Waals surface area contributed by atoms with Crippen LogP contribution in [0.5, 0.6) is 0 Å². The zero-order chi connectivity index (χ0) is 18.8. The number of benzene rings is 3. The Kier molecular flexibility index (Phi) is 4.78. The van der Waals surface area contributed by atoms with Crippen molar-refractivity contribution in [3.8, 4) is 0 Å². The van der Waals surface area contributed by atoms with Gasteiger partial charge in [-0.05, 0) is 73.4 Å². The molecule has 1 heteroatoms. The highest BCUT2D eigenvalue weighted by Gasteiger charge is 2.47. The van der Waals surface area contributed by atoms with E-state index < -0.39 is 0 Å². The lowest BCUT2D eigenvalue weighted by Crippen LogP contribution is -2.57. The largest absolute Gasteiger partial charge is 0.293 e. The maximum absolute atomic E-state index is 2.81. The molecule has 0 spiro atoms. The highest BCUT2D eigenvalue weighted by Crippen LogP contribution is 2.48. The van der Waals surface area contributed by atoms with Crippen molar-refractivity contribution >= 4 is 0 Å². The van der Waals surface area contributed by atoms with Crippen molar-refractivity contribution in [2.45, 2.75) is 37.6 Å². The van der Waals surface area contributed by atoms with Crippen LogP contribution in [-0.4, -0.2) is 18.0 Å². The van der Waals surface area contributed by atoms with Crippen molar-refractivity contribution in [2.24, 2.45) is 5.92 Å². The Morgan fingerprint density at radius 1 is 0.714 bits per heavy atom. The summed E-state index contributed by atoms with van der Waals surface area (Å²) in [6.45, 7) is 2.49. The second-order valence-electron chi connectivity index (χ2n) is 8.65. The van der Waals surface area contributed by atoms with Crippen molar-refractivity contribution < 1.29 is 0 Å². The minimum Gasteiger partial charge on any atom is -0.293 e. The van der Waals surface area contributed by atoms with Crippen LogP contribution in [0.2, 0.25) is 0 Å². The van der Waals surface area contributed by atoms with Gasteiger partial charge in [0.15, 0.2) is 0 Å². The summed E-state index contributed by atoms with van der Waals surface area (Å²) < 4.78 is 0. The lowest BCUT2D eigenvalue weighted by molar-refractivity contribution is -0.0341. The Balaban J connectivity index is 1.58. The molecule has 1 unspecified atom stereocenters. The van der Waals surface area contributed by atoms with Crippen LogP contribution in [0, 0.1) is 5.92 Å². The van der Waals surface area contributed by atoms with E-state index in [9.17, 15) is 0 Å². The van der Waals surface area contributed by atoms with Crippen molar-refractivity contribution in [3.63, 3.8) is 0 Å². The number of nitrogens with zero attached hydrogens (tertiary/aromatic N) is 1. The molecule has 28 heavy (non-hydrogen) atoms. The van der Waals surface area contributed by atoms with Crippen LogP contribution < -0.4 is 0 Å². The summed E-state index contributed by atoms with van der Waals surface area (Å²) in [7, 11) is 0. The van der Waals surface area contributed by atoms with Crippen molar-refractivity contribution in [3.05, 3.63) is 107 Å². The van der Waals surface area contributed by atoms with Crippen LogP contribution in [0.15, 0.2) is 84.9 Å². The fourth-order valence-electron chi connectivity index (χ4n) is 5.61. The van der Waals surface area contributed by atoms with Gasteiger partial charge in [0.05, 0.1) is 5.54 Å². The maximum Gasteiger partial charge on any atom is 0.0506 e. The zero-order valence-electron chi connectivity index (χ0n) is 16.6. The molecular weight excluding hydrogens is 338 g/mol. The van der Waals surface area contributed by atoms with E-state index in [1.165, 1.54) is 49.0 Å². The van der Waals surface area contributed by atoms with Gasteiger partial charge in [-0.3, -0.25) is 4.90 Å². The molecule has 6 rings (SSSR count). The van der Waals surface area contributed by atoms with Crippen molar-refractivity contribution in [2.75, 3.05) is 13.1 Å². The third kappa shape index (κ3) is 3.29. The first-order valence-electron chi connectivity index (χ1n) is 10.7. The van der Waals surface area contributed by atoms with E-state index in [0.29, 0.717) is 0 Å². The molecule has 1 nitrogen and oxygen atoms in total. The summed E-state index contributed by atoms with van der Waals surface area (Å²) in [6.07, 6.45) is 6.19. The minimum absolute atomic E-state index is 0.147. The molecule has 3 fully saturated rings. The summed E-state index contributed by atoms with van der Waals surface area (Å²) in [5.74, 6) is 0.874. The predicted octanol–water partition coefficient (Wildman–Crippen LogP) is 5.83. The van der Waals surface area contributed by atoms with Gasteiger partial charge in [-0.15, -0.1) is 0 Å². The van der Waals surface area contributed by atoms with Gasteiger partial charge in [-0.2, -0.15) is 0 Å². The average Bonchev–Trinajstić information content (AvgIpc) is 2.76. The lowest BCUT2D eigenvalue weighted by atomic mass is 9.67. The summed E-state index contributed by atoms with van der Waals surface area (Å²) in [4.78, 5) is 2.81. The van der Waals surface area contributed by atoms with E-state index in [0.717, 1.165) is 18.8 Å². The molecule has 2 bridgehead atoms. The second kappa shape index (κ2) is 7.56. The van der Waals surface area contributed by atoms with E-state index in [1.807, 2.05) is 0 Å². The summed E-state index contributed by atoms with van der Waals surface area (Å²) >= 11 is 0. The molecule has 0 aliphatic carbocycles. The van der Waals surface area contributed by atoms with Gasteiger partial charge in [0.25, 0.3) is 0 Å². The Labute approximate surface area is 169 Å². The molecule has 0 saturated carbocycles. The third-order valence-corrected chi connectivity index (χ3v) is 6.94. The van der Waals surface area contributed by atoms with E-state index in [1.54, 1.807) is 5.56 Å². The van der Waals surface area contributed by atoms with Gasteiger partial charge < -0.3 is 0 Å². The quantitative estimate of drug-likeness (QED) is 0.548. The molecule has 142 valence electrons. The summed E-state index contributed by atoms with van der Waals surface area (Å²) in [6, 6.07) is 31.3. The Morgan fingerprint density at radius 2 is 1.32 bits per heavy atom. The molecule has 3 aromatic rings. The Hall–Kier alpha value is -2.38. The molecule has 3 aliphatic rings. The van der Waals surface area contributed by atoms with Crippen molar-refractivity contribution in [1.82, 2.24) is 4.90 Å². The van der Waals surface area contributed by atoms with Crippen LogP contribution in [0.25, 0.3) is 0 Å². The molecule has 3 saturated heterocycles. The SMILES string of the molecule is c1ccc(Cc2ccccc2C2(Cc3ccccc3)CC3CCN2CC3)cc1. The van der Waals surface area contributed by atoms with Crippen molar-refractivity contribution in [1.29, 1.82) is 0 Å². The van der Waals surface area contributed by atoms with Gasteiger partial charge >= 0.3 is 0 Å². The smallest absolute Gasteiger partial charge is 0.0506 e. The van der Waals surface area contributed by atoms with Crippen LogP contribution in [-0.2, 0) is 18.4 Å². The van der Waals surface area contributed by atoms with E-state index in [4.69, 9.17) is 0 Å². The molecular formula is C27H29N. The van der Waals surface area contributed by atoms with Crippen LogP contribution in [0.1, 0.15) is 41.5 Å². The monoisotopic (exact) mass is 367 g/mol. The molecule has 0 N–H and O–H groups in total. The number of fused-ring (bicyclic) bond motifs is 3. The highest BCUT2D eigenvalue weighted by atomic mass is 15.2. The maximum atomic E-state index is 2.81. The summed E-state index contributed by atoms with van der Waals surface area (Å²) in [5, 5.41) is 0. The average molecular weight is 368 g/mol. The zero-order valence-corrected chi connectivity index (χ0v) is 16.6. The molecule has 1 atom stereocenters. The van der Waals surface area contributed by atoms with Crippen LogP contribution in [0.3, 0.4) is 0 Å². The van der Waals surface area contributed by atoms with E-state index >= 15 is 0 Å². The Morgan fingerprint density at radius 3 is 1.96 bits per heavy atom. The first-order chi connectivity index (χ1) is 13.8. The van der Waals surface area contributed by atoms with Gasteiger partial charge in [0.2, 0.25) is 0 Å². The Bertz CT molecular complexity index is 909. The predicted molar refractivity (Wildman–Crippen MR) is 116 cm³/mol. The molecule has 0 aromatic heterocycles. The van der Waals surface area contributed by atoms with Gasteiger partial charge in [0, 0.05) is 0 Å². The normalized spacial score (nSPS) is 26.3. The molecule has 0 amide bonds. The van der Waals surface area contributed by atoms with Crippen LogP contribution in [0.4, 0.5) is 0 Å². The van der Waals surface area contributed by atoms with E-state index in [-0.39, 0.29) is 5.54 Å². The number of rotatable bonds is 5. The fraction of sp³-hybridized carbons (Fsp3) is 0.333. The standard InChI is InChI=1S/C27H29N/c1-3-9-22(10-4-1)19-25-13-7-8-14-26(25)27(20-23-11-5-2-6-12-23)21-24-15-17-28(27)18-16-24/h1-14,24H,15-21H2. The number of hydrogen-bond donors (Lipinski definition) is 0. The first-order valence-corrected chi connectivity index (χ1v) is 10.7.